The summed E-state index contributed by atoms with van der Waals surface area (Å²) in [5, 5.41) is 0. The second kappa shape index (κ2) is 6.59. The van der Waals surface area contributed by atoms with Crippen LogP contribution < -0.4 is 15.2 Å². The molecule has 3 nitrogen and oxygen atoms in total. The first-order valence-corrected chi connectivity index (χ1v) is 7.21. The summed E-state index contributed by atoms with van der Waals surface area (Å²) in [4.78, 5) is 0.393. The van der Waals surface area contributed by atoms with Crippen molar-refractivity contribution in [2.75, 3.05) is 7.11 Å². The van der Waals surface area contributed by atoms with Crippen LogP contribution >= 0.6 is 12.2 Å². The fraction of sp³-hybridized carbons (Fsp3) is 0.235. The van der Waals surface area contributed by atoms with Gasteiger partial charge in [0, 0.05) is 5.56 Å². The van der Waals surface area contributed by atoms with Crippen LogP contribution in [0.3, 0.4) is 0 Å². The molecule has 0 saturated heterocycles. The third kappa shape index (κ3) is 3.52. The average Bonchev–Trinajstić information content (AvgIpc) is 2.47. The normalized spacial score (nSPS) is 10.2. The van der Waals surface area contributed by atoms with Gasteiger partial charge in [0.05, 0.1) is 7.11 Å². The molecule has 0 unspecified atom stereocenters. The van der Waals surface area contributed by atoms with Gasteiger partial charge in [0.2, 0.25) is 0 Å². The molecule has 0 spiro atoms. The lowest BCUT2D eigenvalue weighted by Gasteiger charge is -2.13. The number of aryl methyl sites for hydroxylation is 2. The molecule has 0 radical (unpaired) electrons. The number of rotatable bonds is 5. The lowest BCUT2D eigenvalue weighted by Crippen LogP contribution is -2.10. The quantitative estimate of drug-likeness (QED) is 0.848. The Kier molecular flexibility index (Phi) is 4.81. The Morgan fingerprint density at radius 3 is 2.48 bits per heavy atom. The van der Waals surface area contributed by atoms with Gasteiger partial charge in [-0.15, -0.1) is 0 Å². The Labute approximate surface area is 130 Å². The van der Waals surface area contributed by atoms with E-state index in [2.05, 4.69) is 6.92 Å². The van der Waals surface area contributed by atoms with Gasteiger partial charge in [0.1, 0.15) is 10.7 Å². The molecule has 0 bridgehead atoms. The monoisotopic (exact) mass is 301 g/mol. The Bertz CT molecular complexity index is 668. The molecule has 0 aliphatic rings. The maximum absolute atomic E-state index is 5.91. The van der Waals surface area contributed by atoms with Gasteiger partial charge >= 0.3 is 0 Å². The number of hydrogen-bond acceptors (Lipinski definition) is 3. The molecule has 21 heavy (non-hydrogen) atoms. The van der Waals surface area contributed by atoms with Gasteiger partial charge in [-0.3, -0.25) is 0 Å². The van der Waals surface area contributed by atoms with Crippen molar-refractivity contribution in [2.45, 2.75) is 20.3 Å². The Hall–Kier alpha value is -2.07. The highest BCUT2D eigenvalue weighted by molar-refractivity contribution is 7.80. The van der Waals surface area contributed by atoms with Crippen LogP contribution in [0.25, 0.3) is 0 Å². The number of benzene rings is 2. The Balaban J connectivity index is 2.30. The molecule has 0 aliphatic carbocycles. The minimum Gasteiger partial charge on any atom is -0.493 e. The smallest absolute Gasteiger partial charge is 0.169 e. The van der Waals surface area contributed by atoms with Gasteiger partial charge in [-0.25, -0.2) is 0 Å². The third-order valence-corrected chi connectivity index (χ3v) is 3.55. The molecule has 2 aromatic carbocycles. The van der Waals surface area contributed by atoms with Crippen molar-refractivity contribution in [2.24, 2.45) is 5.73 Å². The summed E-state index contributed by atoms with van der Waals surface area (Å²) >= 11 is 5.01. The highest BCUT2D eigenvalue weighted by atomic mass is 32.1. The summed E-state index contributed by atoms with van der Waals surface area (Å²) in [6.45, 7) is 4.06. The molecular formula is C17H19NO2S. The van der Waals surface area contributed by atoms with Gasteiger partial charge in [0.25, 0.3) is 0 Å². The highest BCUT2D eigenvalue weighted by Gasteiger charge is 2.08. The third-order valence-electron chi connectivity index (χ3n) is 3.33. The lowest BCUT2D eigenvalue weighted by molar-refractivity contribution is 0.378. The van der Waals surface area contributed by atoms with Gasteiger partial charge in [-0.2, -0.15) is 0 Å². The van der Waals surface area contributed by atoms with E-state index in [0.717, 1.165) is 29.0 Å². The average molecular weight is 301 g/mol. The number of hydrogen-bond donors (Lipinski definition) is 1. The minimum atomic E-state index is 0.393. The van der Waals surface area contributed by atoms with Crippen LogP contribution in [0.5, 0.6) is 17.2 Å². The van der Waals surface area contributed by atoms with Gasteiger partial charge in [0.15, 0.2) is 11.5 Å². The standard InChI is InChI=1S/C17H19NO2S/c1-4-12-5-8-15(16(10-12)19-3)20-13-6-7-14(17(18)21)11(2)9-13/h5-10H,4H2,1-3H3,(H2,18,21). The zero-order chi connectivity index (χ0) is 15.4. The Morgan fingerprint density at radius 1 is 1.14 bits per heavy atom. The van der Waals surface area contributed by atoms with E-state index in [1.807, 2.05) is 43.3 Å². The molecule has 0 fully saturated rings. The first-order valence-electron chi connectivity index (χ1n) is 6.80. The van der Waals surface area contributed by atoms with Crippen LogP contribution in [0, 0.1) is 6.92 Å². The van der Waals surface area contributed by atoms with Crippen LogP contribution in [0.2, 0.25) is 0 Å². The van der Waals surface area contributed by atoms with Gasteiger partial charge in [-0.1, -0.05) is 25.2 Å². The predicted molar refractivity (Wildman–Crippen MR) is 89.5 cm³/mol. The van der Waals surface area contributed by atoms with Crippen LogP contribution in [-0.2, 0) is 6.42 Å². The predicted octanol–water partition coefficient (Wildman–Crippen LogP) is 3.99. The topological polar surface area (TPSA) is 44.5 Å². The van der Waals surface area contributed by atoms with Crippen LogP contribution in [0.15, 0.2) is 36.4 Å². The van der Waals surface area contributed by atoms with E-state index in [0.29, 0.717) is 10.7 Å². The van der Waals surface area contributed by atoms with Crippen molar-refractivity contribution in [1.82, 2.24) is 0 Å². The summed E-state index contributed by atoms with van der Waals surface area (Å²) in [6.07, 6.45) is 0.957. The van der Waals surface area contributed by atoms with Crippen LogP contribution in [0.1, 0.15) is 23.6 Å². The molecule has 0 saturated carbocycles. The molecular weight excluding hydrogens is 282 g/mol. The van der Waals surface area contributed by atoms with Crippen molar-refractivity contribution in [3.63, 3.8) is 0 Å². The summed E-state index contributed by atoms with van der Waals surface area (Å²) in [6, 6.07) is 11.6. The fourth-order valence-electron chi connectivity index (χ4n) is 2.12. The zero-order valence-corrected chi connectivity index (χ0v) is 13.3. The van der Waals surface area contributed by atoms with E-state index >= 15 is 0 Å². The summed E-state index contributed by atoms with van der Waals surface area (Å²) in [7, 11) is 1.64. The maximum Gasteiger partial charge on any atom is 0.169 e. The zero-order valence-electron chi connectivity index (χ0n) is 12.5. The SMILES string of the molecule is CCc1ccc(Oc2ccc(C(N)=S)c(C)c2)c(OC)c1. The molecule has 0 amide bonds. The summed E-state index contributed by atoms with van der Waals surface area (Å²) in [5.41, 5.74) is 8.73. The molecule has 0 aromatic heterocycles. The fourth-order valence-corrected chi connectivity index (χ4v) is 2.35. The highest BCUT2D eigenvalue weighted by Crippen LogP contribution is 2.33. The van der Waals surface area contributed by atoms with E-state index in [9.17, 15) is 0 Å². The first kappa shape index (κ1) is 15.3. The summed E-state index contributed by atoms with van der Waals surface area (Å²) in [5.74, 6) is 2.15. The molecule has 0 aliphatic heterocycles. The number of ether oxygens (including phenoxy) is 2. The van der Waals surface area contributed by atoms with Gasteiger partial charge in [-0.05, 0) is 54.8 Å². The van der Waals surface area contributed by atoms with Crippen molar-refractivity contribution < 1.29 is 9.47 Å². The molecule has 2 aromatic rings. The second-order valence-electron chi connectivity index (χ2n) is 4.78. The van der Waals surface area contributed by atoms with Gasteiger partial charge < -0.3 is 15.2 Å². The van der Waals surface area contributed by atoms with E-state index in [1.54, 1.807) is 7.11 Å². The molecule has 0 atom stereocenters. The molecule has 110 valence electrons. The number of methoxy groups -OCH3 is 1. The largest absolute Gasteiger partial charge is 0.493 e. The van der Waals surface area contributed by atoms with Crippen molar-refractivity contribution in [1.29, 1.82) is 0 Å². The number of nitrogens with two attached hydrogens (primary N) is 1. The first-order chi connectivity index (χ1) is 10.0. The van der Waals surface area contributed by atoms with Crippen molar-refractivity contribution in [3.05, 3.63) is 53.1 Å². The van der Waals surface area contributed by atoms with E-state index in [-0.39, 0.29) is 0 Å². The number of thiocarbonyl (C=S) groups is 1. The molecule has 0 heterocycles. The van der Waals surface area contributed by atoms with E-state index < -0.39 is 0 Å². The summed E-state index contributed by atoms with van der Waals surface area (Å²) < 4.78 is 11.3. The lowest BCUT2D eigenvalue weighted by atomic mass is 10.1. The Morgan fingerprint density at radius 2 is 1.90 bits per heavy atom. The maximum atomic E-state index is 5.91. The molecule has 2 N–H and O–H groups in total. The second-order valence-corrected chi connectivity index (χ2v) is 5.22. The van der Waals surface area contributed by atoms with Crippen LogP contribution in [0.4, 0.5) is 0 Å². The van der Waals surface area contributed by atoms with E-state index in [4.69, 9.17) is 27.4 Å². The van der Waals surface area contributed by atoms with Crippen molar-refractivity contribution in [3.8, 4) is 17.2 Å². The van der Waals surface area contributed by atoms with E-state index in [1.165, 1.54) is 5.56 Å². The molecule has 4 heteroatoms. The molecule has 2 rings (SSSR count). The van der Waals surface area contributed by atoms with Crippen molar-refractivity contribution >= 4 is 17.2 Å². The minimum absolute atomic E-state index is 0.393. The van der Waals surface area contributed by atoms with Crippen LogP contribution in [-0.4, -0.2) is 12.1 Å².